The van der Waals surface area contributed by atoms with Crippen LogP contribution in [0.3, 0.4) is 0 Å². The summed E-state index contributed by atoms with van der Waals surface area (Å²) in [5, 5.41) is 0. The molecule has 0 aliphatic heterocycles. The van der Waals surface area contributed by atoms with Gasteiger partial charge in [-0.3, -0.25) is 4.40 Å². The Morgan fingerprint density at radius 3 is 2.67 bits per heavy atom. The maximum atomic E-state index is 13.6. The molecule has 0 fully saturated rings. The summed E-state index contributed by atoms with van der Waals surface area (Å²) in [7, 11) is 0. The SMILES string of the molecule is Cc1cc(OCc2c(F)cccc2F)c2nc(C)[c]n2c1. The number of hydrogen-bond acceptors (Lipinski definition) is 2. The summed E-state index contributed by atoms with van der Waals surface area (Å²) in [4.78, 5) is 4.31. The van der Waals surface area contributed by atoms with Crippen LogP contribution in [0.15, 0.2) is 30.5 Å². The second-order valence-electron chi connectivity index (χ2n) is 4.87. The Balaban J connectivity index is 1.95. The Morgan fingerprint density at radius 2 is 1.95 bits per heavy atom. The molecule has 0 saturated heterocycles. The van der Waals surface area contributed by atoms with Gasteiger partial charge in [-0.2, -0.15) is 0 Å². The monoisotopic (exact) mass is 287 g/mol. The number of fused-ring (bicyclic) bond motifs is 1. The molecule has 21 heavy (non-hydrogen) atoms. The molecule has 3 nitrogen and oxygen atoms in total. The number of imidazole rings is 1. The van der Waals surface area contributed by atoms with E-state index in [1.54, 1.807) is 10.5 Å². The van der Waals surface area contributed by atoms with E-state index in [-0.39, 0.29) is 12.2 Å². The lowest BCUT2D eigenvalue weighted by Crippen LogP contribution is -2.03. The van der Waals surface area contributed by atoms with Crippen LogP contribution in [0.2, 0.25) is 0 Å². The third kappa shape index (κ3) is 2.59. The Hall–Kier alpha value is -2.43. The number of aryl methyl sites for hydroxylation is 2. The maximum Gasteiger partial charge on any atom is 0.180 e. The molecular formula is C16H13F2N2O. The molecular weight excluding hydrogens is 274 g/mol. The average molecular weight is 287 g/mol. The second-order valence-corrected chi connectivity index (χ2v) is 4.87. The van der Waals surface area contributed by atoms with Crippen molar-refractivity contribution in [3.8, 4) is 5.75 Å². The first-order valence-electron chi connectivity index (χ1n) is 6.49. The van der Waals surface area contributed by atoms with Gasteiger partial charge in [0.15, 0.2) is 11.4 Å². The topological polar surface area (TPSA) is 26.5 Å². The number of hydrogen-bond donors (Lipinski definition) is 0. The standard InChI is InChI=1S/C16H13F2N2O/c1-10-6-15(16-19-11(2)8-20(16)7-10)21-9-12-13(17)4-3-5-14(12)18/h3-7H,9H2,1-2H3. The third-order valence-electron chi connectivity index (χ3n) is 3.13. The Kier molecular flexibility index (Phi) is 3.33. The molecule has 0 spiro atoms. The number of pyridine rings is 1. The van der Waals surface area contributed by atoms with Crippen LogP contribution >= 0.6 is 0 Å². The van der Waals surface area contributed by atoms with E-state index in [1.807, 2.05) is 20.0 Å². The molecule has 2 heterocycles. The number of nitrogens with zero attached hydrogens (tertiary/aromatic N) is 2. The zero-order valence-electron chi connectivity index (χ0n) is 11.7. The summed E-state index contributed by atoms with van der Waals surface area (Å²) < 4.78 is 34.5. The molecule has 0 aliphatic carbocycles. The van der Waals surface area contributed by atoms with Crippen LogP contribution in [0.1, 0.15) is 16.8 Å². The van der Waals surface area contributed by atoms with Crippen LogP contribution in [-0.2, 0) is 6.61 Å². The first-order chi connectivity index (χ1) is 10.0. The molecule has 3 rings (SSSR count). The summed E-state index contributed by atoms with van der Waals surface area (Å²) in [6.45, 7) is 3.53. The molecule has 1 radical (unpaired) electrons. The summed E-state index contributed by atoms with van der Waals surface area (Å²) in [6.07, 6.45) is 4.90. The molecule has 1 aromatic carbocycles. The second kappa shape index (κ2) is 5.16. The van der Waals surface area contributed by atoms with Gasteiger partial charge >= 0.3 is 0 Å². The van der Waals surface area contributed by atoms with E-state index in [0.717, 1.165) is 11.3 Å². The molecule has 0 unspecified atom stereocenters. The number of aromatic nitrogens is 2. The van der Waals surface area contributed by atoms with Gasteiger partial charge in [0.05, 0.1) is 17.5 Å². The minimum atomic E-state index is -0.621. The minimum absolute atomic E-state index is 0.0931. The van der Waals surface area contributed by atoms with Crippen molar-refractivity contribution >= 4 is 5.65 Å². The van der Waals surface area contributed by atoms with Crippen molar-refractivity contribution in [3.05, 3.63) is 65.1 Å². The molecule has 0 saturated carbocycles. The predicted octanol–water partition coefficient (Wildman–Crippen LogP) is 3.61. The van der Waals surface area contributed by atoms with E-state index in [1.165, 1.54) is 18.2 Å². The van der Waals surface area contributed by atoms with Gasteiger partial charge in [-0.25, -0.2) is 13.8 Å². The fourth-order valence-corrected chi connectivity index (χ4v) is 2.17. The summed E-state index contributed by atoms with van der Waals surface area (Å²) >= 11 is 0. The fourth-order valence-electron chi connectivity index (χ4n) is 2.17. The molecule has 5 heteroatoms. The molecule has 0 amide bonds. The largest absolute Gasteiger partial charge is 0.485 e. The van der Waals surface area contributed by atoms with Gasteiger partial charge in [-0.1, -0.05) is 6.07 Å². The summed E-state index contributed by atoms with van der Waals surface area (Å²) in [5.74, 6) is -0.767. The van der Waals surface area contributed by atoms with Gasteiger partial charge in [0.2, 0.25) is 0 Å². The Morgan fingerprint density at radius 1 is 1.24 bits per heavy atom. The lowest BCUT2D eigenvalue weighted by atomic mass is 10.2. The van der Waals surface area contributed by atoms with Crippen molar-refractivity contribution in [3.63, 3.8) is 0 Å². The van der Waals surface area contributed by atoms with E-state index in [4.69, 9.17) is 4.74 Å². The smallest absolute Gasteiger partial charge is 0.180 e. The van der Waals surface area contributed by atoms with Crippen LogP contribution < -0.4 is 4.74 Å². The Labute approximate surface area is 120 Å². The van der Waals surface area contributed by atoms with Crippen molar-refractivity contribution in [1.29, 1.82) is 0 Å². The van der Waals surface area contributed by atoms with Gasteiger partial charge < -0.3 is 4.74 Å². The van der Waals surface area contributed by atoms with Crippen LogP contribution in [0.4, 0.5) is 8.78 Å². The lowest BCUT2D eigenvalue weighted by Gasteiger charge is -2.10. The molecule has 0 aliphatic rings. The van der Waals surface area contributed by atoms with Gasteiger partial charge in [-0.05, 0) is 37.6 Å². The first-order valence-corrected chi connectivity index (χ1v) is 6.49. The molecule has 0 atom stereocenters. The summed E-state index contributed by atoms with van der Waals surface area (Å²) in [6, 6.07) is 5.53. The van der Waals surface area contributed by atoms with Gasteiger partial charge in [0, 0.05) is 6.20 Å². The average Bonchev–Trinajstić information content (AvgIpc) is 2.78. The highest BCUT2D eigenvalue weighted by molar-refractivity contribution is 5.55. The molecule has 0 bridgehead atoms. The normalized spacial score (nSPS) is 11.0. The van der Waals surface area contributed by atoms with E-state index in [9.17, 15) is 8.78 Å². The highest BCUT2D eigenvalue weighted by Crippen LogP contribution is 2.23. The van der Waals surface area contributed by atoms with Gasteiger partial charge in [-0.15, -0.1) is 0 Å². The number of halogens is 2. The van der Waals surface area contributed by atoms with Gasteiger partial charge in [0.25, 0.3) is 0 Å². The molecule has 3 aromatic rings. The highest BCUT2D eigenvalue weighted by Gasteiger charge is 2.12. The van der Waals surface area contributed by atoms with E-state index in [2.05, 4.69) is 11.2 Å². The zero-order chi connectivity index (χ0) is 15.0. The van der Waals surface area contributed by atoms with Crippen molar-refractivity contribution < 1.29 is 13.5 Å². The van der Waals surface area contributed by atoms with Crippen LogP contribution in [0, 0.1) is 31.7 Å². The predicted molar refractivity (Wildman–Crippen MR) is 74.2 cm³/mol. The molecule has 0 N–H and O–H groups in total. The van der Waals surface area contributed by atoms with Crippen LogP contribution in [0.5, 0.6) is 5.75 Å². The van der Waals surface area contributed by atoms with E-state index < -0.39 is 11.6 Å². The Bertz CT molecular complexity index is 791. The molecule has 107 valence electrons. The molecule has 2 aromatic heterocycles. The van der Waals surface area contributed by atoms with Crippen molar-refractivity contribution in [2.75, 3.05) is 0 Å². The third-order valence-corrected chi connectivity index (χ3v) is 3.13. The van der Waals surface area contributed by atoms with Crippen LogP contribution in [0.25, 0.3) is 5.65 Å². The maximum absolute atomic E-state index is 13.6. The fraction of sp³-hybridized carbons (Fsp3) is 0.188. The minimum Gasteiger partial charge on any atom is -0.485 e. The quantitative estimate of drug-likeness (QED) is 0.735. The lowest BCUT2D eigenvalue weighted by molar-refractivity contribution is 0.294. The van der Waals surface area contributed by atoms with E-state index in [0.29, 0.717) is 11.4 Å². The van der Waals surface area contributed by atoms with Crippen molar-refractivity contribution in [2.24, 2.45) is 0 Å². The van der Waals surface area contributed by atoms with Crippen molar-refractivity contribution in [1.82, 2.24) is 9.38 Å². The van der Waals surface area contributed by atoms with Crippen LogP contribution in [-0.4, -0.2) is 9.38 Å². The van der Waals surface area contributed by atoms with E-state index >= 15 is 0 Å². The van der Waals surface area contributed by atoms with Gasteiger partial charge in [0.1, 0.15) is 18.2 Å². The zero-order valence-corrected chi connectivity index (χ0v) is 11.7. The van der Waals surface area contributed by atoms with Crippen molar-refractivity contribution in [2.45, 2.75) is 20.5 Å². The number of rotatable bonds is 3. The number of ether oxygens (including phenoxy) is 1. The first kappa shape index (κ1) is 13.5. The number of benzene rings is 1. The highest BCUT2D eigenvalue weighted by atomic mass is 19.1. The summed E-state index contributed by atoms with van der Waals surface area (Å²) in [5.41, 5.74) is 2.15.